The first-order valence-electron chi connectivity index (χ1n) is 5.36. The van der Waals surface area contributed by atoms with Crippen LogP contribution in [0, 0.1) is 0 Å². The van der Waals surface area contributed by atoms with Gasteiger partial charge in [0.2, 0.25) is 5.76 Å². The number of hydrogen-bond donors (Lipinski definition) is 1. The van der Waals surface area contributed by atoms with Gasteiger partial charge in [0.1, 0.15) is 5.69 Å². The van der Waals surface area contributed by atoms with Gasteiger partial charge in [0.25, 0.3) is 0 Å². The van der Waals surface area contributed by atoms with Crippen LogP contribution in [-0.2, 0) is 0 Å². The Kier molecular flexibility index (Phi) is 2.95. The van der Waals surface area contributed by atoms with E-state index < -0.39 is 5.97 Å². The van der Waals surface area contributed by atoms with Gasteiger partial charge in [-0.25, -0.2) is 9.78 Å². The molecule has 1 aromatic heterocycles. The Morgan fingerprint density at radius 3 is 2.47 bits per heavy atom. The second-order valence-electron chi connectivity index (χ2n) is 4.11. The molecule has 88 valence electrons. The molecule has 4 heteroatoms. The molecular formula is C13H13NO3. The van der Waals surface area contributed by atoms with E-state index in [-0.39, 0.29) is 5.76 Å². The average molecular weight is 231 g/mol. The summed E-state index contributed by atoms with van der Waals surface area (Å²) in [6, 6.07) is 7.67. The predicted octanol–water partition coefficient (Wildman–Crippen LogP) is 3.16. The van der Waals surface area contributed by atoms with Crippen molar-refractivity contribution in [2.75, 3.05) is 0 Å². The molecule has 0 radical (unpaired) electrons. The molecule has 0 aliphatic heterocycles. The Balaban J connectivity index is 2.40. The van der Waals surface area contributed by atoms with Crippen LogP contribution in [0.5, 0.6) is 0 Å². The molecule has 2 rings (SSSR count). The minimum absolute atomic E-state index is 0.123. The number of aromatic nitrogens is 1. The molecule has 1 N–H and O–H groups in total. The minimum Gasteiger partial charge on any atom is -0.475 e. The smallest absolute Gasteiger partial charge is 0.374 e. The fourth-order valence-electron chi connectivity index (χ4n) is 1.63. The van der Waals surface area contributed by atoms with Crippen LogP contribution in [0.4, 0.5) is 0 Å². The normalized spacial score (nSPS) is 10.8. The fourth-order valence-corrected chi connectivity index (χ4v) is 1.63. The third-order valence-electron chi connectivity index (χ3n) is 2.61. The summed E-state index contributed by atoms with van der Waals surface area (Å²) in [6.45, 7) is 4.21. The summed E-state index contributed by atoms with van der Waals surface area (Å²) >= 11 is 0. The molecule has 17 heavy (non-hydrogen) atoms. The van der Waals surface area contributed by atoms with E-state index >= 15 is 0 Å². The second kappa shape index (κ2) is 4.41. The largest absolute Gasteiger partial charge is 0.475 e. The van der Waals surface area contributed by atoms with Crippen LogP contribution in [0.1, 0.15) is 35.9 Å². The number of carbonyl (C=O) groups is 1. The summed E-state index contributed by atoms with van der Waals surface area (Å²) in [4.78, 5) is 14.8. The lowest BCUT2D eigenvalue weighted by Gasteiger charge is -2.05. The topological polar surface area (TPSA) is 63.3 Å². The van der Waals surface area contributed by atoms with E-state index in [1.165, 1.54) is 5.56 Å². The summed E-state index contributed by atoms with van der Waals surface area (Å²) in [5.74, 6) is -0.784. The third-order valence-corrected chi connectivity index (χ3v) is 2.61. The lowest BCUT2D eigenvalue weighted by Crippen LogP contribution is -1.97. The Bertz CT molecular complexity index is 526. The molecule has 0 saturated carbocycles. The maximum absolute atomic E-state index is 10.9. The van der Waals surface area contributed by atoms with E-state index in [1.807, 2.05) is 24.3 Å². The van der Waals surface area contributed by atoms with Gasteiger partial charge in [0.05, 0.1) is 0 Å². The highest BCUT2D eigenvalue weighted by atomic mass is 16.4. The summed E-state index contributed by atoms with van der Waals surface area (Å²) in [5, 5.41) is 8.92. The number of carboxylic acid groups (broad SMARTS) is 1. The Labute approximate surface area is 98.9 Å². The molecule has 0 bridgehead atoms. The number of aromatic carboxylic acids is 1. The molecule has 0 saturated heterocycles. The third kappa shape index (κ3) is 2.20. The van der Waals surface area contributed by atoms with Crippen molar-refractivity contribution >= 4 is 5.97 Å². The van der Waals surface area contributed by atoms with Crippen LogP contribution in [0.15, 0.2) is 35.1 Å². The molecule has 4 nitrogen and oxygen atoms in total. The van der Waals surface area contributed by atoms with Gasteiger partial charge in [-0.05, 0) is 11.5 Å². The zero-order valence-electron chi connectivity index (χ0n) is 9.68. The van der Waals surface area contributed by atoms with Gasteiger partial charge in [-0.2, -0.15) is 0 Å². The van der Waals surface area contributed by atoms with Gasteiger partial charge >= 0.3 is 5.97 Å². The average Bonchev–Trinajstić information content (AvgIpc) is 2.78. The van der Waals surface area contributed by atoms with E-state index in [4.69, 9.17) is 9.52 Å². The van der Waals surface area contributed by atoms with Gasteiger partial charge in [-0.15, -0.1) is 0 Å². The van der Waals surface area contributed by atoms with Crippen LogP contribution >= 0.6 is 0 Å². The molecule has 0 aliphatic carbocycles. The number of carboxylic acids is 1. The number of nitrogens with zero attached hydrogens (tertiary/aromatic N) is 1. The molecule has 0 aliphatic rings. The number of hydrogen-bond acceptors (Lipinski definition) is 3. The van der Waals surface area contributed by atoms with Crippen molar-refractivity contribution in [1.29, 1.82) is 0 Å². The molecule has 1 aromatic carbocycles. The minimum atomic E-state index is -1.11. The van der Waals surface area contributed by atoms with E-state index in [1.54, 1.807) is 0 Å². The highest BCUT2D eigenvalue weighted by Crippen LogP contribution is 2.24. The van der Waals surface area contributed by atoms with Gasteiger partial charge < -0.3 is 9.52 Å². The highest BCUT2D eigenvalue weighted by molar-refractivity contribution is 5.91. The van der Waals surface area contributed by atoms with Crippen molar-refractivity contribution in [3.8, 4) is 11.3 Å². The first-order valence-corrected chi connectivity index (χ1v) is 5.36. The molecule has 0 unspecified atom stereocenters. The van der Waals surface area contributed by atoms with Crippen LogP contribution < -0.4 is 0 Å². The lowest BCUT2D eigenvalue weighted by molar-refractivity contribution is 0.0663. The molecular weight excluding hydrogens is 218 g/mol. The van der Waals surface area contributed by atoms with Crippen molar-refractivity contribution < 1.29 is 14.3 Å². The molecule has 0 amide bonds. The monoisotopic (exact) mass is 231 g/mol. The summed E-state index contributed by atoms with van der Waals surface area (Å²) in [5.41, 5.74) is 2.32. The van der Waals surface area contributed by atoms with Gasteiger partial charge in [-0.3, -0.25) is 0 Å². The summed E-state index contributed by atoms with van der Waals surface area (Å²) < 4.78 is 4.85. The van der Waals surface area contributed by atoms with E-state index in [9.17, 15) is 4.79 Å². The molecule has 0 spiro atoms. The predicted molar refractivity (Wildman–Crippen MR) is 63.0 cm³/mol. The second-order valence-corrected chi connectivity index (χ2v) is 4.11. The van der Waals surface area contributed by atoms with Crippen molar-refractivity contribution in [2.24, 2.45) is 0 Å². The maximum atomic E-state index is 10.9. The van der Waals surface area contributed by atoms with Crippen molar-refractivity contribution in [1.82, 2.24) is 4.98 Å². The first-order chi connectivity index (χ1) is 8.09. The SMILES string of the molecule is CC(C)c1ccc(-c2ncoc2C(=O)O)cc1. The van der Waals surface area contributed by atoms with Crippen molar-refractivity contribution in [3.63, 3.8) is 0 Å². The Morgan fingerprint density at radius 1 is 1.29 bits per heavy atom. The Hall–Kier alpha value is -2.10. The van der Waals surface area contributed by atoms with Crippen LogP contribution in [0.2, 0.25) is 0 Å². The van der Waals surface area contributed by atoms with Crippen molar-refractivity contribution in [3.05, 3.63) is 42.0 Å². The molecule has 1 heterocycles. The zero-order valence-corrected chi connectivity index (χ0v) is 9.68. The maximum Gasteiger partial charge on any atom is 0.374 e. The van der Waals surface area contributed by atoms with Crippen molar-refractivity contribution in [2.45, 2.75) is 19.8 Å². The molecule has 0 atom stereocenters. The first kappa shape index (κ1) is 11.4. The van der Waals surface area contributed by atoms with E-state index in [2.05, 4.69) is 18.8 Å². The number of benzene rings is 1. The molecule has 0 fully saturated rings. The Morgan fingerprint density at radius 2 is 1.94 bits per heavy atom. The van der Waals surface area contributed by atoms with E-state index in [0.29, 0.717) is 11.6 Å². The summed E-state index contributed by atoms with van der Waals surface area (Å²) in [7, 11) is 0. The lowest BCUT2D eigenvalue weighted by atomic mass is 10.0. The standard InChI is InChI=1S/C13H13NO3/c1-8(2)9-3-5-10(6-4-9)11-12(13(15)16)17-7-14-11/h3-8H,1-2H3,(H,15,16). The fraction of sp³-hybridized carbons (Fsp3) is 0.231. The van der Waals surface area contributed by atoms with Gasteiger partial charge in [-0.1, -0.05) is 38.1 Å². The zero-order chi connectivity index (χ0) is 12.4. The van der Waals surface area contributed by atoms with Crippen LogP contribution in [0.25, 0.3) is 11.3 Å². The molecule has 2 aromatic rings. The van der Waals surface area contributed by atoms with E-state index in [0.717, 1.165) is 12.0 Å². The van der Waals surface area contributed by atoms with Crippen LogP contribution in [0.3, 0.4) is 0 Å². The summed E-state index contributed by atoms with van der Waals surface area (Å²) in [6.07, 6.45) is 1.15. The quantitative estimate of drug-likeness (QED) is 0.881. The number of oxazole rings is 1. The highest BCUT2D eigenvalue weighted by Gasteiger charge is 2.17. The van der Waals surface area contributed by atoms with Crippen LogP contribution in [-0.4, -0.2) is 16.1 Å². The number of rotatable bonds is 3. The van der Waals surface area contributed by atoms with Gasteiger partial charge in [0.15, 0.2) is 6.39 Å². The van der Waals surface area contributed by atoms with Gasteiger partial charge in [0, 0.05) is 5.56 Å².